The Morgan fingerprint density at radius 1 is 0.981 bits per heavy atom. The fraction of sp³-hybridized carbons (Fsp3) is 0.293. The molecule has 5 aromatic rings. The van der Waals surface area contributed by atoms with Crippen LogP contribution >= 0.6 is 11.6 Å². The fourth-order valence-corrected chi connectivity index (χ4v) is 7.63. The Bertz CT molecular complexity index is 2210. The molecule has 4 heterocycles. The summed E-state index contributed by atoms with van der Waals surface area (Å²) in [5.74, 6) is -0.374. The fourth-order valence-electron chi connectivity index (χ4n) is 7.46. The number of carbonyl (C=O) groups is 2. The number of phenolic OH excluding ortho intramolecular Hbond substituents is 1. The van der Waals surface area contributed by atoms with Crippen LogP contribution in [0.1, 0.15) is 55.3 Å². The number of aromatic hydroxyl groups is 1. The summed E-state index contributed by atoms with van der Waals surface area (Å²) in [7, 11) is 3.65. The highest BCUT2D eigenvalue weighted by atomic mass is 35.5. The van der Waals surface area contributed by atoms with Crippen molar-refractivity contribution in [2.45, 2.75) is 45.4 Å². The van der Waals surface area contributed by atoms with Crippen LogP contribution in [0.2, 0.25) is 5.02 Å². The predicted molar refractivity (Wildman–Crippen MR) is 201 cm³/mol. The van der Waals surface area contributed by atoms with Gasteiger partial charge in [0.2, 0.25) is 0 Å². The van der Waals surface area contributed by atoms with Crippen LogP contribution in [0.4, 0.5) is 11.4 Å². The Morgan fingerprint density at radius 2 is 1.73 bits per heavy atom. The largest absolute Gasteiger partial charge is 0.508 e. The summed E-state index contributed by atoms with van der Waals surface area (Å²) in [4.78, 5) is 33.1. The number of rotatable bonds is 7. The highest BCUT2D eigenvalue weighted by Gasteiger charge is 2.35. The molecule has 1 unspecified atom stereocenters. The second-order valence-electron chi connectivity index (χ2n) is 13.6. The maximum atomic E-state index is 14.8. The monoisotopic (exact) mass is 716 g/mol. The number of carbonyl (C=O) groups excluding carboxylic acids is 2. The first-order chi connectivity index (χ1) is 25.0. The number of phenols is 1. The standard InChI is InChI=1S/C41H41ClN6O4/c1-25-36(41(51)48(30-10-12-33(49)13-11-30)38-20-32(22-43)45(3)26(38)2)21-39(46(25)4)37-18-29(42)9-14-35(37)40(50)47-24-28-8-6-5-7-27(28)17-31(47)19-34-23-44-15-16-52-34/h5-14,18,20-21,31,34,44,49H,15-17,19,23-24H2,1-4H3/t31-,34?/m0/s1. The van der Waals surface area contributed by atoms with Gasteiger partial charge in [-0.3, -0.25) is 14.5 Å². The van der Waals surface area contributed by atoms with Crippen molar-refractivity contribution < 1.29 is 19.4 Å². The average molecular weight is 717 g/mol. The summed E-state index contributed by atoms with van der Waals surface area (Å²) < 4.78 is 9.74. The molecule has 7 rings (SSSR count). The van der Waals surface area contributed by atoms with E-state index < -0.39 is 0 Å². The summed E-state index contributed by atoms with van der Waals surface area (Å²) in [6.07, 6.45) is 1.44. The number of aromatic nitrogens is 2. The van der Waals surface area contributed by atoms with Gasteiger partial charge in [-0.15, -0.1) is 0 Å². The van der Waals surface area contributed by atoms with Crippen LogP contribution in [0.5, 0.6) is 5.75 Å². The first-order valence-electron chi connectivity index (χ1n) is 17.4. The molecule has 1 saturated heterocycles. The van der Waals surface area contributed by atoms with Crippen LogP contribution < -0.4 is 10.2 Å². The summed E-state index contributed by atoms with van der Waals surface area (Å²) in [6, 6.07) is 25.6. The zero-order valence-electron chi connectivity index (χ0n) is 29.7. The predicted octanol–water partition coefficient (Wildman–Crippen LogP) is 6.80. The first-order valence-corrected chi connectivity index (χ1v) is 17.8. The molecular formula is C41H41ClN6O4. The minimum atomic E-state index is -0.327. The second-order valence-corrected chi connectivity index (χ2v) is 14.0. The van der Waals surface area contributed by atoms with Gasteiger partial charge in [-0.1, -0.05) is 35.9 Å². The van der Waals surface area contributed by atoms with Gasteiger partial charge >= 0.3 is 0 Å². The van der Waals surface area contributed by atoms with E-state index in [1.807, 2.05) is 48.6 Å². The number of benzene rings is 3. The molecule has 11 heteroatoms. The molecule has 2 N–H and O–H groups in total. The number of ether oxygens (including phenoxy) is 1. The van der Waals surface area contributed by atoms with Gasteiger partial charge in [-0.25, -0.2) is 0 Å². The molecule has 0 saturated carbocycles. The quantitative estimate of drug-likeness (QED) is 0.192. The third-order valence-electron chi connectivity index (χ3n) is 10.6. The number of hydrogen-bond donors (Lipinski definition) is 2. The molecule has 266 valence electrons. The van der Waals surface area contributed by atoms with E-state index in [1.54, 1.807) is 52.9 Å². The van der Waals surface area contributed by atoms with Gasteiger partial charge in [0.1, 0.15) is 17.5 Å². The van der Waals surface area contributed by atoms with Crippen LogP contribution in [-0.4, -0.2) is 62.8 Å². The molecule has 52 heavy (non-hydrogen) atoms. The smallest absolute Gasteiger partial charge is 0.264 e. The maximum absolute atomic E-state index is 14.8. The van der Waals surface area contributed by atoms with Crippen molar-refractivity contribution >= 4 is 34.8 Å². The maximum Gasteiger partial charge on any atom is 0.264 e. The second kappa shape index (κ2) is 14.4. The van der Waals surface area contributed by atoms with Gasteiger partial charge in [-0.05, 0) is 92.4 Å². The van der Waals surface area contributed by atoms with Crippen molar-refractivity contribution in [3.63, 3.8) is 0 Å². The third-order valence-corrected chi connectivity index (χ3v) is 10.8. The van der Waals surface area contributed by atoms with E-state index in [9.17, 15) is 20.0 Å². The van der Waals surface area contributed by atoms with E-state index in [2.05, 4.69) is 23.5 Å². The Morgan fingerprint density at radius 3 is 2.42 bits per heavy atom. The van der Waals surface area contributed by atoms with Crippen LogP contribution in [0.25, 0.3) is 11.3 Å². The molecule has 0 spiro atoms. The molecule has 2 aliphatic rings. The minimum absolute atomic E-state index is 0.00196. The van der Waals surface area contributed by atoms with Crippen molar-refractivity contribution in [2.75, 3.05) is 24.6 Å². The van der Waals surface area contributed by atoms with Crippen molar-refractivity contribution in [3.05, 3.63) is 123 Å². The van der Waals surface area contributed by atoms with Gasteiger partial charge in [0.25, 0.3) is 11.8 Å². The van der Waals surface area contributed by atoms with Crippen molar-refractivity contribution in [2.24, 2.45) is 14.1 Å². The Kier molecular flexibility index (Phi) is 9.68. The number of halogens is 1. The normalized spacial score (nSPS) is 17.0. The molecule has 1 fully saturated rings. The molecule has 2 aromatic heterocycles. The Hall–Kier alpha value is -5.34. The first kappa shape index (κ1) is 35.1. The summed E-state index contributed by atoms with van der Waals surface area (Å²) >= 11 is 6.63. The van der Waals surface area contributed by atoms with Gasteiger partial charge < -0.3 is 29.2 Å². The van der Waals surface area contributed by atoms with Gasteiger partial charge in [-0.2, -0.15) is 5.26 Å². The number of hydrogen-bond acceptors (Lipinski definition) is 6. The molecule has 2 aliphatic heterocycles. The molecule has 0 aliphatic carbocycles. The highest BCUT2D eigenvalue weighted by Crippen LogP contribution is 2.38. The zero-order valence-corrected chi connectivity index (χ0v) is 30.4. The molecule has 3 aromatic carbocycles. The zero-order chi connectivity index (χ0) is 36.7. The number of amides is 2. The molecule has 0 radical (unpaired) electrons. The van der Waals surface area contributed by atoms with Gasteiger partial charge in [0, 0.05) is 78.7 Å². The molecule has 2 atom stereocenters. The lowest BCUT2D eigenvalue weighted by Gasteiger charge is -2.39. The van der Waals surface area contributed by atoms with Crippen LogP contribution in [0.3, 0.4) is 0 Å². The number of nitriles is 1. The lowest BCUT2D eigenvalue weighted by molar-refractivity contribution is 0.00273. The molecule has 0 bridgehead atoms. The Balaban J connectivity index is 1.29. The van der Waals surface area contributed by atoms with Gasteiger partial charge in [0.15, 0.2) is 0 Å². The lowest BCUT2D eigenvalue weighted by Crippen LogP contribution is -2.49. The summed E-state index contributed by atoms with van der Waals surface area (Å²) in [6.45, 7) is 6.40. The SMILES string of the molecule is Cc1c(N(C(=O)c2cc(-c3cc(Cl)ccc3C(=O)N3Cc4ccccc4C[C@H]3CC3CNCCO3)n(C)c2C)c2ccc(O)cc2)cc(C#N)n1C. The molecular weight excluding hydrogens is 676 g/mol. The number of morpholine rings is 1. The van der Waals surface area contributed by atoms with E-state index in [0.717, 1.165) is 30.8 Å². The lowest BCUT2D eigenvalue weighted by atomic mass is 9.89. The topological polar surface area (TPSA) is 116 Å². The van der Waals surface area contributed by atoms with Crippen molar-refractivity contribution in [3.8, 4) is 23.1 Å². The highest BCUT2D eigenvalue weighted by molar-refractivity contribution is 6.31. The molecule has 2 amide bonds. The van der Waals surface area contributed by atoms with Crippen LogP contribution in [0, 0.1) is 25.2 Å². The number of nitrogens with zero attached hydrogens (tertiary/aromatic N) is 5. The van der Waals surface area contributed by atoms with Crippen LogP contribution in [-0.2, 0) is 31.8 Å². The number of fused-ring (bicyclic) bond motifs is 1. The Labute approximate surface area is 308 Å². The van der Waals surface area contributed by atoms with E-state index in [4.69, 9.17) is 16.3 Å². The average Bonchev–Trinajstić information content (AvgIpc) is 3.61. The van der Waals surface area contributed by atoms with Crippen molar-refractivity contribution in [1.82, 2.24) is 19.4 Å². The van der Waals surface area contributed by atoms with E-state index in [0.29, 0.717) is 69.7 Å². The van der Waals surface area contributed by atoms with E-state index >= 15 is 0 Å². The summed E-state index contributed by atoms with van der Waals surface area (Å²) in [5.41, 5.74) is 7.43. The van der Waals surface area contributed by atoms with Crippen LogP contribution in [0.15, 0.2) is 78.9 Å². The third kappa shape index (κ3) is 6.48. The summed E-state index contributed by atoms with van der Waals surface area (Å²) in [5, 5.41) is 23.7. The van der Waals surface area contributed by atoms with E-state index in [1.165, 1.54) is 17.7 Å². The number of anilines is 2. The van der Waals surface area contributed by atoms with Crippen molar-refractivity contribution in [1.29, 1.82) is 5.26 Å². The van der Waals surface area contributed by atoms with E-state index in [-0.39, 0.29) is 29.7 Å². The molecule has 10 nitrogen and oxygen atoms in total. The minimum Gasteiger partial charge on any atom is -0.508 e. The van der Waals surface area contributed by atoms with Gasteiger partial charge in [0.05, 0.1) is 24.0 Å². The number of nitrogens with one attached hydrogen (secondary N) is 1.